The van der Waals surface area contributed by atoms with Crippen molar-refractivity contribution in [1.29, 1.82) is 5.26 Å². The molecule has 2 nitrogen and oxygen atoms in total. The van der Waals surface area contributed by atoms with Gasteiger partial charge >= 0.3 is 0 Å². The average Bonchev–Trinajstić information content (AvgIpc) is 2.71. The average molecular weight is 186 g/mol. The lowest BCUT2D eigenvalue weighted by molar-refractivity contribution is 0.837. The van der Waals surface area contributed by atoms with Crippen molar-refractivity contribution in [3.8, 4) is 6.07 Å². The summed E-state index contributed by atoms with van der Waals surface area (Å²) >= 11 is 0. The first-order chi connectivity index (χ1) is 6.77. The molecular weight excluding hydrogens is 172 g/mol. The lowest BCUT2D eigenvalue weighted by atomic mass is 9.93. The van der Waals surface area contributed by atoms with E-state index in [0.29, 0.717) is 0 Å². The monoisotopic (exact) mass is 186 g/mol. The Bertz CT molecular complexity index is 430. The Morgan fingerprint density at radius 2 is 2.14 bits per heavy atom. The molecule has 0 atom stereocenters. The first-order valence-electron chi connectivity index (χ1n) is 5.39. The molecule has 2 heteroatoms. The number of fused-ring (bicyclic) bond motifs is 1. The summed E-state index contributed by atoms with van der Waals surface area (Å²) in [6, 6.07) is 2.51. The lowest BCUT2D eigenvalue weighted by Gasteiger charge is -2.07. The van der Waals surface area contributed by atoms with Gasteiger partial charge in [-0.15, -0.1) is 0 Å². The normalized spacial score (nSPS) is 21.7. The molecule has 1 saturated carbocycles. The van der Waals surface area contributed by atoms with E-state index in [9.17, 15) is 5.26 Å². The molecule has 0 radical (unpaired) electrons. The van der Waals surface area contributed by atoms with E-state index in [1.807, 2.05) is 0 Å². The first-order valence-corrected chi connectivity index (χ1v) is 5.39. The van der Waals surface area contributed by atoms with Crippen LogP contribution in [0.25, 0.3) is 0 Å². The van der Waals surface area contributed by atoms with Crippen molar-refractivity contribution < 1.29 is 0 Å². The summed E-state index contributed by atoms with van der Waals surface area (Å²) in [5.74, 6) is 0. The Balaban J connectivity index is 2.19. The van der Waals surface area contributed by atoms with Crippen LogP contribution in [0.3, 0.4) is 0 Å². The fourth-order valence-corrected chi connectivity index (χ4v) is 2.86. The van der Waals surface area contributed by atoms with Crippen LogP contribution in [-0.4, -0.2) is 4.98 Å². The number of hydrogen-bond acceptors (Lipinski definition) is 1. The highest BCUT2D eigenvalue weighted by Crippen LogP contribution is 2.51. The van der Waals surface area contributed by atoms with Crippen LogP contribution in [0.1, 0.15) is 41.8 Å². The van der Waals surface area contributed by atoms with Crippen molar-refractivity contribution in [2.75, 3.05) is 0 Å². The summed E-state index contributed by atoms with van der Waals surface area (Å²) in [4.78, 5) is 3.45. The van der Waals surface area contributed by atoms with Crippen LogP contribution in [0.4, 0.5) is 0 Å². The minimum Gasteiger partial charge on any atom is -0.362 e. The van der Waals surface area contributed by atoms with Gasteiger partial charge in [0.25, 0.3) is 0 Å². The zero-order valence-electron chi connectivity index (χ0n) is 8.48. The molecule has 3 rings (SSSR count). The lowest BCUT2D eigenvalue weighted by Crippen LogP contribution is -2.06. The molecule has 1 aromatic rings. The van der Waals surface area contributed by atoms with E-state index in [1.54, 1.807) is 0 Å². The number of hydrogen-bond donors (Lipinski definition) is 1. The maximum absolute atomic E-state index is 9.22. The van der Waals surface area contributed by atoms with Crippen LogP contribution in [0.2, 0.25) is 0 Å². The van der Waals surface area contributed by atoms with Crippen molar-refractivity contribution in [2.45, 2.75) is 44.4 Å². The summed E-state index contributed by atoms with van der Waals surface area (Å²) in [6.07, 6.45) is 5.75. The molecule has 0 aromatic carbocycles. The van der Waals surface area contributed by atoms with Gasteiger partial charge in [0.05, 0.1) is 11.5 Å². The van der Waals surface area contributed by atoms with Gasteiger partial charge in [-0.3, -0.25) is 0 Å². The number of nitrogens with zero attached hydrogens (tertiary/aromatic N) is 1. The Kier molecular flexibility index (Phi) is 1.40. The molecule has 0 unspecified atom stereocenters. The van der Waals surface area contributed by atoms with E-state index in [-0.39, 0.29) is 5.41 Å². The van der Waals surface area contributed by atoms with Gasteiger partial charge in [-0.05, 0) is 50.2 Å². The van der Waals surface area contributed by atoms with Crippen molar-refractivity contribution >= 4 is 0 Å². The van der Waals surface area contributed by atoms with Gasteiger partial charge < -0.3 is 4.98 Å². The zero-order chi connectivity index (χ0) is 9.76. The standard InChI is InChI=1S/C12H14N2/c1-8-11(12(7-13)5-6-12)9-3-2-4-10(9)14-8/h14H,2-6H2,1H3. The van der Waals surface area contributed by atoms with Gasteiger partial charge in [0.2, 0.25) is 0 Å². The Labute approximate surface area is 83.9 Å². The molecule has 1 N–H and O–H groups in total. The largest absolute Gasteiger partial charge is 0.362 e. The number of nitrogens with one attached hydrogen (secondary N) is 1. The number of H-pyrrole nitrogens is 1. The molecule has 14 heavy (non-hydrogen) atoms. The van der Waals surface area contributed by atoms with Gasteiger partial charge in [0.1, 0.15) is 0 Å². The summed E-state index contributed by atoms with van der Waals surface area (Å²) in [7, 11) is 0. The van der Waals surface area contributed by atoms with Crippen LogP contribution in [0.5, 0.6) is 0 Å². The molecule has 0 spiro atoms. The second-order valence-electron chi connectivity index (χ2n) is 4.63. The second kappa shape index (κ2) is 2.42. The molecule has 0 bridgehead atoms. The third-order valence-corrected chi connectivity index (χ3v) is 3.68. The number of nitriles is 1. The van der Waals surface area contributed by atoms with Gasteiger partial charge in [-0.25, -0.2) is 0 Å². The maximum atomic E-state index is 9.22. The Morgan fingerprint density at radius 1 is 1.36 bits per heavy atom. The predicted octanol–water partition coefficient (Wildman–Crippen LogP) is 2.37. The zero-order valence-corrected chi connectivity index (χ0v) is 8.48. The van der Waals surface area contributed by atoms with E-state index in [0.717, 1.165) is 12.8 Å². The predicted molar refractivity (Wildman–Crippen MR) is 54.1 cm³/mol. The van der Waals surface area contributed by atoms with Crippen LogP contribution in [-0.2, 0) is 18.3 Å². The fraction of sp³-hybridized carbons (Fsp3) is 0.583. The summed E-state index contributed by atoms with van der Waals surface area (Å²) in [6.45, 7) is 2.12. The first kappa shape index (κ1) is 8.11. The molecule has 0 saturated heterocycles. The second-order valence-corrected chi connectivity index (χ2v) is 4.63. The van der Waals surface area contributed by atoms with Gasteiger partial charge in [-0.2, -0.15) is 5.26 Å². The molecule has 2 aliphatic carbocycles. The number of aryl methyl sites for hydroxylation is 2. The van der Waals surface area contributed by atoms with Crippen molar-refractivity contribution in [3.63, 3.8) is 0 Å². The summed E-state index contributed by atoms with van der Waals surface area (Å²) in [5.41, 5.74) is 5.38. The van der Waals surface area contributed by atoms with Crippen LogP contribution in [0, 0.1) is 18.3 Å². The van der Waals surface area contributed by atoms with Crippen molar-refractivity contribution in [1.82, 2.24) is 4.98 Å². The van der Waals surface area contributed by atoms with Crippen LogP contribution >= 0.6 is 0 Å². The highest BCUT2D eigenvalue weighted by atomic mass is 14.8. The molecule has 1 heterocycles. The maximum Gasteiger partial charge on any atom is 0.0843 e. The highest BCUT2D eigenvalue weighted by Gasteiger charge is 2.48. The molecule has 1 aromatic heterocycles. The summed E-state index contributed by atoms with van der Waals surface area (Å²) < 4.78 is 0. The molecule has 0 amide bonds. The van der Waals surface area contributed by atoms with E-state index in [1.165, 1.54) is 41.8 Å². The quantitative estimate of drug-likeness (QED) is 0.718. The third-order valence-electron chi connectivity index (χ3n) is 3.68. The number of rotatable bonds is 1. The molecule has 1 fully saturated rings. The topological polar surface area (TPSA) is 39.6 Å². The third kappa shape index (κ3) is 0.850. The van der Waals surface area contributed by atoms with E-state index in [4.69, 9.17) is 0 Å². The minimum atomic E-state index is -0.0987. The molecule has 2 aliphatic rings. The highest BCUT2D eigenvalue weighted by molar-refractivity contribution is 5.51. The smallest absolute Gasteiger partial charge is 0.0843 e. The molecule has 0 aliphatic heterocycles. The SMILES string of the molecule is Cc1[nH]c2c(c1C1(C#N)CC1)CCC2. The van der Waals surface area contributed by atoms with Crippen molar-refractivity contribution in [3.05, 3.63) is 22.5 Å². The molecular formula is C12H14N2. The van der Waals surface area contributed by atoms with Crippen LogP contribution in [0.15, 0.2) is 0 Å². The number of aromatic amines is 1. The van der Waals surface area contributed by atoms with Gasteiger partial charge in [0, 0.05) is 11.4 Å². The van der Waals surface area contributed by atoms with E-state index >= 15 is 0 Å². The molecule has 72 valence electrons. The summed E-state index contributed by atoms with van der Waals surface area (Å²) in [5, 5.41) is 9.22. The minimum absolute atomic E-state index is 0.0987. The Hall–Kier alpha value is -1.23. The van der Waals surface area contributed by atoms with E-state index in [2.05, 4.69) is 18.0 Å². The fourth-order valence-electron chi connectivity index (χ4n) is 2.86. The van der Waals surface area contributed by atoms with Gasteiger partial charge in [-0.1, -0.05) is 0 Å². The van der Waals surface area contributed by atoms with E-state index < -0.39 is 0 Å². The number of aromatic nitrogens is 1. The van der Waals surface area contributed by atoms with Crippen molar-refractivity contribution in [2.24, 2.45) is 0 Å². The van der Waals surface area contributed by atoms with Crippen LogP contribution < -0.4 is 0 Å². The van der Waals surface area contributed by atoms with Gasteiger partial charge in [0.15, 0.2) is 0 Å². The Morgan fingerprint density at radius 3 is 2.79 bits per heavy atom.